The molecule has 0 heterocycles. The van der Waals surface area contributed by atoms with Gasteiger partial charge in [0.15, 0.2) is 0 Å². The van der Waals surface area contributed by atoms with Gasteiger partial charge >= 0.3 is 0 Å². The third kappa shape index (κ3) is 6.42. The summed E-state index contributed by atoms with van der Waals surface area (Å²) in [4.78, 5) is 0. The Morgan fingerprint density at radius 2 is 1.84 bits per heavy atom. The molecule has 0 aliphatic carbocycles. The molecule has 2 nitrogen and oxygen atoms in total. The molecule has 1 aromatic carbocycles. The van der Waals surface area contributed by atoms with Crippen molar-refractivity contribution < 1.29 is 4.74 Å². The minimum atomic E-state index is 0.282. The monoisotopic (exact) mass is 283 g/mol. The van der Waals surface area contributed by atoms with Crippen molar-refractivity contribution in [2.45, 2.75) is 52.2 Å². The maximum absolute atomic E-state index is 6.31. The second-order valence-corrected chi connectivity index (χ2v) is 5.90. The summed E-state index contributed by atoms with van der Waals surface area (Å²) in [6.07, 6.45) is 1.27. The number of hydrogen-bond donors (Lipinski definition) is 1. The van der Waals surface area contributed by atoms with Gasteiger partial charge in [-0.05, 0) is 31.9 Å². The Balaban J connectivity index is 2.66. The molecule has 0 radical (unpaired) electrons. The van der Waals surface area contributed by atoms with Gasteiger partial charge in [-0.3, -0.25) is 0 Å². The van der Waals surface area contributed by atoms with Crippen LogP contribution in [0.3, 0.4) is 0 Å². The lowest BCUT2D eigenvalue weighted by atomic mass is 9.95. The standard InChI is InChI=1S/C16H26ClNO/c1-12(2)18-11-14(9-10-19-13(3)4)15-7-5-6-8-16(15)17/h5-8,12-14,18H,9-11H2,1-4H3. The first-order chi connectivity index (χ1) is 9.00. The summed E-state index contributed by atoms with van der Waals surface area (Å²) in [7, 11) is 0. The molecule has 0 amide bonds. The molecule has 0 saturated carbocycles. The van der Waals surface area contributed by atoms with Crippen LogP contribution in [0.5, 0.6) is 0 Å². The van der Waals surface area contributed by atoms with Gasteiger partial charge < -0.3 is 10.1 Å². The van der Waals surface area contributed by atoms with Crippen molar-refractivity contribution >= 4 is 11.6 Å². The van der Waals surface area contributed by atoms with E-state index in [0.29, 0.717) is 12.0 Å². The summed E-state index contributed by atoms with van der Waals surface area (Å²) in [6.45, 7) is 10.2. The zero-order valence-electron chi connectivity index (χ0n) is 12.4. The second kappa shape index (κ2) is 8.57. The Morgan fingerprint density at radius 1 is 1.16 bits per heavy atom. The van der Waals surface area contributed by atoms with Crippen LogP contribution in [-0.4, -0.2) is 25.3 Å². The summed E-state index contributed by atoms with van der Waals surface area (Å²) in [5, 5.41) is 4.34. The van der Waals surface area contributed by atoms with E-state index in [1.54, 1.807) is 0 Å². The topological polar surface area (TPSA) is 21.3 Å². The lowest BCUT2D eigenvalue weighted by Gasteiger charge is -2.21. The van der Waals surface area contributed by atoms with E-state index in [1.165, 1.54) is 5.56 Å². The predicted octanol–water partition coefficient (Wildman–Crippen LogP) is 4.24. The number of ether oxygens (including phenoxy) is 1. The third-order valence-corrected chi connectivity index (χ3v) is 3.38. The van der Waals surface area contributed by atoms with E-state index in [-0.39, 0.29) is 6.10 Å². The average Bonchev–Trinajstić information content (AvgIpc) is 2.34. The van der Waals surface area contributed by atoms with E-state index in [2.05, 4.69) is 39.1 Å². The van der Waals surface area contributed by atoms with Crippen molar-refractivity contribution in [3.8, 4) is 0 Å². The molecule has 1 aromatic rings. The van der Waals surface area contributed by atoms with Crippen LogP contribution in [0.2, 0.25) is 5.02 Å². The molecule has 0 aliphatic rings. The molecule has 0 aromatic heterocycles. The van der Waals surface area contributed by atoms with E-state index < -0.39 is 0 Å². The molecule has 1 unspecified atom stereocenters. The molecule has 3 heteroatoms. The van der Waals surface area contributed by atoms with Crippen LogP contribution in [-0.2, 0) is 4.74 Å². The van der Waals surface area contributed by atoms with Gasteiger partial charge in [-0.25, -0.2) is 0 Å². The summed E-state index contributed by atoms with van der Waals surface area (Å²) in [6, 6.07) is 8.58. The molecule has 19 heavy (non-hydrogen) atoms. The van der Waals surface area contributed by atoms with Gasteiger partial charge in [-0.2, -0.15) is 0 Å². The van der Waals surface area contributed by atoms with E-state index in [4.69, 9.17) is 16.3 Å². The average molecular weight is 284 g/mol. The predicted molar refractivity (Wildman–Crippen MR) is 83.0 cm³/mol. The number of nitrogens with one attached hydrogen (secondary N) is 1. The third-order valence-electron chi connectivity index (χ3n) is 3.04. The van der Waals surface area contributed by atoms with Crippen LogP contribution in [0.1, 0.15) is 45.6 Å². The molecule has 1 N–H and O–H groups in total. The Hall–Kier alpha value is -0.570. The van der Waals surface area contributed by atoms with Gasteiger partial charge in [0, 0.05) is 30.1 Å². The van der Waals surface area contributed by atoms with Crippen LogP contribution in [0.15, 0.2) is 24.3 Å². The largest absolute Gasteiger partial charge is 0.379 e. The quantitative estimate of drug-likeness (QED) is 0.771. The van der Waals surface area contributed by atoms with Crippen LogP contribution in [0.4, 0.5) is 0 Å². The van der Waals surface area contributed by atoms with Gasteiger partial charge in [0.25, 0.3) is 0 Å². The van der Waals surface area contributed by atoms with Gasteiger partial charge in [0.05, 0.1) is 6.10 Å². The molecule has 0 aliphatic heterocycles. The Bertz CT molecular complexity index is 366. The van der Waals surface area contributed by atoms with Crippen molar-refractivity contribution in [1.82, 2.24) is 5.32 Å². The molecule has 0 spiro atoms. The van der Waals surface area contributed by atoms with Crippen molar-refractivity contribution in [3.63, 3.8) is 0 Å². The fourth-order valence-electron chi connectivity index (χ4n) is 2.00. The van der Waals surface area contributed by atoms with Gasteiger partial charge in [0.1, 0.15) is 0 Å². The molecule has 1 atom stereocenters. The maximum Gasteiger partial charge on any atom is 0.0518 e. The minimum absolute atomic E-state index is 0.282. The van der Waals surface area contributed by atoms with E-state index in [9.17, 15) is 0 Å². The smallest absolute Gasteiger partial charge is 0.0518 e. The van der Waals surface area contributed by atoms with Crippen molar-refractivity contribution in [1.29, 1.82) is 0 Å². The van der Waals surface area contributed by atoms with Crippen LogP contribution in [0.25, 0.3) is 0 Å². The van der Waals surface area contributed by atoms with Crippen LogP contribution < -0.4 is 5.32 Å². The highest BCUT2D eigenvalue weighted by molar-refractivity contribution is 6.31. The molecular formula is C16H26ClNO. The van der Waals surface area contributed by atoms with Gasteiger partial charge in [-0.1, -0.05) is 43.6 Å². The highest BCUT2D eigenvalue weighted by Gasteiger charge is 2.15. The fraction of sp³-hybridized carbons (Fsp3) is 0.625. The minimum Gasteiger partial charge on any atom is -0.379 e. The first-order valence-corrected chi connectivity index (χ1v) is 7.48. The summed E-state index contributed by atoms with van der Waals surface area (Å²) in [5.74, 6) is 0.398. The zero-order valence-corrected chi connectivity index (χ0v) is 13.2. The highest BCUT2D eigenvalue weighted by Crippen LogP contribution is 2.26. The Morgan fingerprint density at radius 3 is 2.42 bits per heavy atom. The SMILES string of the molecule is CC(C)NCC(CCOC(C)C)c1ccccc1Cl. The normalized spacial score (nSPS) is 13.2. The summed E-state index contributed by atoms with van der Waals surface area (Å²) < 4.78 is 5.67. The van der Waals surface area contributed by atoms with E-state index in [1.807, 2.05) is 18.2 Å². The summed E-state index contributed by atoms with van der Waals surface area (Å²) in [5.41, 5.74) is 1.21. The van der Waals surface area contributed by atoms with E-state index in [0.717, 1.165) is 24.6 Å². The fourth-order valence-corrected chi connectivity index (χ4v) is 2.29. The number of halogens is 1. The Labute approximate surface area is 122 Å². The van der Waals surface area contributed by atoms with Gasteiger partial charge in [0.2, 0.25) is 0 Å². The van der Waals surface area contributed by atoms with Crippen LogP contribution >= 0.6 is 11.6 Å². The van der Waals surface area contributed by atoms with Gasteiger partial charge in [-0.15, -0.1) is 0 Å². The number of benzene rings is 1. The lowest BCUT2D eigenvalue weighted by Crippen LogP contribution is -2.29. The molecule has 0 saturated heterocycles. The molecular weight excluding hydrogens is 258 g/mol. The number of rotatable bonds is 8. The Kier molecular flexibility index (Phi) is 7.44. The number of hydrogen-bond acceptors (Lipinski definition) is 2. The van der Waals surface area contributed by atoms with E-state index >= 15 is 0 Å². The maximum atomic E-state index is 6.31. The first-order valence-electron chi connectivity index (χ1n) is 7.10. The van der Waals surface area contributed by atoms with Crippen molar-refractivity contribution in [2.75, 3.05) is 13.2 Å². The molecule has 1 rings (SSSR count). The van der Waals surface area contributed by atoms with Crippen LogP contribution in [0, 0.1) is 0 Å². The molecule has 0 bridgehead atoms. The first kappa shape index (κ1) is 16.5. The molecule has 108 valence electrons. The zero-order chi connectivity index (χ0) is 14.3. The lowest BCUT2D eigenvalue weighted by molar-refractivity contribution is 0.0732. The highest BCUT2D eigenvalue weighted by atomic mass is 35.5. The second-order valence-electron chi connectivity index (χ2n) is 5.49. The van der Waals surface area contributed by atoms with Crippen molar-refractivity contribution in [2.24, 2.45) is 0 Å². The molecule has 0 fully saturated rings. The van der Waals surface area contributed by atoms with Crippen molar-refractivity contribution in [3.05, 3.63) is 34.9 Å². The summed E-state index contributed by atoms with van der Waals surface area (Å²) >= 11 is 6.31.